The van der Waals surface area contributed by atoms with E-state index in [2.05, 4.69) is 31.9 Å². The predicted molar refractivity (Wildman–Crippen MR) is 127 cm³/mol. The zero-order chi connectivity index (χ0) is 22.4. The largest absolute Gasteiger partial charge is 0.462 e. The lowest BCUT2D eigenvalue weighted by Gasteiger charge is -2.23. The molecule has 0 saturated carbocycles. The summed E-state index contributed by atoms with van der Waals surface area (Å²) in [6.07, 6.45) is 0. The highest BCUT2D eigenvalue weighted by Crippen LogP contribution is 2.24. The van der Waals surface area contributed by atoms with Crippen LogP contribution in [0.3, 0.4) is 0 Å². The third-order valence-corrected chi connectivity index (χ3v) is 7.41. The Morgan fingerprint density at radius 1 is 0.806 bits per heavy atom. The van der Waals surface area contributed by atoms with Crippen molar-refractivity contribution in [2.75, 3.05) is 6.61 Å². The summed E-state index contributed by atoms with van der Waals surface area (Å²) in [5, 5.41) is 0. The molecule has 3 rings (SSSR count). The van der Waals surface area contributed by atoms with Crippen LogP contribution in [-0.2, 0) is 27.8 Å². The van der Waals surface area contributed by atoms with Gasteiger partial charge in [-0.05, 0) is 66.6 Å². The smallest absolute Gasteiger partial charge is 0.338 e. The average Bonchev–Trinajstić information content (AvgIpc) is 2.76. The van der Waals surface area contributed by atoms with Gasteiger partial charge in [-0.3, -0.25) is 0 Å². The first-order valence-electron chi connectivity index (χ1n) is 9.56. The number of esters is 1. The summed E-state index contributed by atoms with van der Waals surface area (Å²) in [5.41, 5.74) is 2.07. The Hall–Kier alpha value is -2.00. The van der Waals surface area contributed by atoms with E-state index in [9.17, 15) is 13.2 Å². The first-order valence-corrected chi connectivity index (χ1v) is 12.6. The minimum absolute atomic E-state index is 0.164. The molecule has 8 heteroatoms. The lowest BCUT2D eigenvalue weighted by atomic mass is 10.1. The van der Waals surface area contributed by atoms with Gasteiger partial charge in [0.05, 0.1) is 17.1 Å². The average molecular weight is 567 g/mol. The van der Waals surface area contributed by atoms with E-state index in [-0.39, 0.29) is 18.0 Å². The number of halogens is 2. The highest BCUT2D eigenvalue weighted by Gasteiger charge is 2.25. The van der Waals surface area contributed by atoms with Crippen LogP contribution in [0.5, 0.6) is 0 Å². The maximum absolute atomic E-state index is 13.4. The van der Waals surface area contributed by atoms with Gasteiger partial charge in [0.15, 0.2) is 0 Å². The van der Waals surface area contributed by atoms with Crippen LogP contribution < -0.4 is 0 Å². The van der Waals surface area contributed by atoms with E-state index >= 15 is 0 Å². The van der Waals surface area contributed by atoms with Crippen molar-refractivity contribution in [3.05, 3.63) is 98.4 Å². The fourth-order valence-electron chi connectivity index (χ4n) is 2.94. The molecule has 0 spiro atoms. The van der Waals surface area contributed by atoms with Crippen LogP contribution in [0.4, 0.5) is 0 Å². The summed E-state index contributed by atoms with van der Waals surface area (Å²) in [5.74, 6) is -0.400. The Balaban J connectivity index is 1.90. The van der Waals surface area contributed by atoms with E-state index in [1.54, 1.807) is 55.5 Å². The number of sulfonamides is 1. The highest BCUT2D eigenvalue weighted by atomic mass is 79.9. The number of hydrogen-bond acceptors (Lipinski definition) is 4. The van der Waals surface area contributed by atoms with Gasteiger partial charge in [0, 0.05) is 22.0 Å². The predicted octanol–water partition coefficient (Wildman–Crippen LogP) is 5.78. The van der Waals surface area contributed by atoms with Crippen LogP contribution in [0.2, 0.25) is 0 Å². The number of carbonyl (C=O) groups excluding carboxylic acids is 1. The Labute approximate surface area is 199 Å². The molecule has 0 atom stereocenters. The number of ether oxygens (including phenoxy) is 1. The van der Waals surface area contributed by atoms with E-state index in [4.69, 9.17) is 4.74 Å². The topological polar surface area (TPSA) is 63.7 Å². The van der Waals surface area contributed by atoms with Crippen molar-refractivity contribution in [3.63, 3.8) is 0 Å². The van der Waals surface area contributed by atoms with Gasteiger partial charge < -0.3 is 4.74 Å². The third kappa shape index (κ3) is 6.26. The fraction of sp³-hybridized carbons (Fsp3) is 0.174. The lowest BCUT2D eigenvalue weighted by Crippen LogP contribution is -2.30. The normalized spacial score (nSPS) is 11.5. The van der Waals surface area contributed by atoms with Crippen molar-refractivity contribution in [3.8, 4) is 0 Å². The van der Waals surface area contributed by atoms with Crippen molar-refractivity contribution in [2.45, 2.75) is 24.9 Å². The van der Waals surface area contributed by atoms with Gasteiger partial charge in [-0.1, -0.05) is 56.1 Å². The van der Waals surface area contributed by atoms with Gasteiger partial charge in [0.2, 0.25) is 10.0 Å². The highest BCUT2D eigenvalue weighted by molar-refractivity contribution is 9.10. The maximum atomic E-state index is 13.4. The van der Waals surface area contributed by atoms with Crippen LogP contribution in [0.15, 0.2) is 86.6 Å². The maximum Gasteiger partial charge on any atom is 0.338 e. The van der Waals surface area contributed by atoms with Crippen LogP contribution in [-0.4, -0.2) is 25.3 Å². The van der Waals surface area contributed by atoms with E-state index in [0.717, 1.165) is 20.1 Å². The molecule has 0 radical (unpaired) electrons. The van der Waals surface area contributed by atoms with Crippen molar-refractivity contribution in [2.24, 2.45) is 0 Å². The molecule has 0 aliphatic rings. The third-order valence-electron chi connectivity index (χ3n) is 4.55. The van der Waals surface area contributed by atoms with Gasteiger partial charge in [0.1, 0.15) is 0 Å². The molecule has 0 N–H and O–H groups in total. The molecule has 0 aliphatic carbocycles. The number of hydrogen-bond donors (Lipinski definition) is 0. The van der Waals surface area contributed by atoms with E-state index in [1.165, 1.54) is 4.31 Å². The minimum atomic E-state index is -3.75. The molecule has 0 aromatic heterocycles. The van der Waals surface area contributed by atoms with Crippen LogP contribution >= 0.6 is 31.9 Å². The fourth-order valence-corrected chi connectivity index (χ4v) is 4.88. The van der Waals surface area contributed by atoms with E-state index in [1.807, 2.05) is 24.3 Å². The SMILES string of the molecule is CCOC(=O)c1ccc(CN(Cc2ccc(Br)cc2)S(=O)(=O)c2ccc(Br)cc2)cc1. The summed E-state index contributed by atoms with van der Waals surface area (Å²) in [7, 11) is -3.75. The molecule has 0 aliphatic heterocycles. The zero-order valence-electron chi connectivity index (χ0n) is 16.8. The first-order chi connectivity index (χ1) is 14.8. The quantitative estimate of drug-likeness (QED) is 0.324. The summed E-state index contributed by atoms with van der Waals surface area (Å²) >= 11 is 6.75. The molecular formula is C23H21Br2NO4S. The monoisotopic (exact) mass is 565 g/mol. The minimum Gasteiger partial charge on any atom is -0.462 e. The van der Waals surface area contributed by atoms with Crippen LogP contribution in [0.25, 0.3) is 0 Å². The Kier molecular flexibility index (Phi) is 8.05. The van der Waals surface area contributed by atoms with Gasteiger partial charge >= 0.3 is 5.97 Å². The zero-order valence-corrected chi connectivity index (χ0v) is 20.8. The molecule has 3 aromatic carbocycles. The molecular weight excluding hydrogens is 546 g/mol. The van der Waals surface area contributed by atoms with Gasteiger partial charge in [-0.2, -0.15) is 4.31 Å². The van der Waals surface area contributed by atoms with E-state index in [0.29, 0.717) is 12.2 Å². The molecule has 0 saturated heterocycles. The molecule has 0 amide bonds. The second kappa shape index (κ2) is 10.5. The van der Waals surface area contributed by atoms with Gasteiger partial charge in [-0.15, -0.1) is 0 Å². The van der Waals surface area contributed by atoms with Crippen LogP contribution in [0.1, 0.15) is 28.4 Å². The summed E-state index contributed by atoms with van der Waals surface area (Å²) < 4.78 is 35.0. The summed E-state index contributed by atoms with van der Waals surface area (Å²) in [6, 6.07) is 20.9. The number of carbonyl (C=O) groups is 1. The Bertz CT molecular complexity index is 1130. The second-order valence-corrected chi connectivity index (χ2v) is 10.5. The molecule has 5 nitrogen and oxygen atoms in total. The second-order valence-electron chi connectivity index (χ2n) is 6.77. The van der Waals surface area contributed by atoms with Gasteiger partial charge in [0.25, 0.3) is 0 Å². The van der Waals surface area contributed by atoms with E-state index < -0.39 is 16.0 Å². The summed E-state index contributed by atoms with van der Waals surface area (Å²) in [6.45, 7) is 2.43. The number of benzene rings is 3. The Morgan fingerprint density at radius 3 is 1.74 bits per heavy atom. The van der Waals surface area contributed by atoms with Gasteiger partial charge in [-0.25, -0.2) is 13.2 Å². The van der Waals surface area contributed by atoms with Crippen molar-refractivity contribution < 1.29 is 17.9 Å². The summed E-state index contributed by atoms with van der Waals surface area (Å²) in [4.78, 5) is 12.1. The Morgan fingerprint density at radius 2 is 1.26 bits per heavy atom. The molecule has 162 valence electrons. The van der Waals surface area contributed by atoms with Crippen LogP contribution in [0, 0.1) is 0 Å². The molecule has 0 unspecified atom stereocenters. The number of rotatable bonds is 8. The van der Waals surface area contributed by atoms with Crippen molar-refractivity contribution >= 4 is 47.9 Å². The van der Waals surface area contributed by atoms with Crippen molar-refractivity contribution in [1.82, 2.24) is 4.31 Å². The van der Waals surface area contributed by atoms with Crippen molar-refractivity contribution in [1.29, 1.82) is 0 Å². The lowest BCUT2D eigenvalue weighted by molar-refractivity contribution is 0.0526. The molecule has 3 aromatic rings. The molecule has 0 fully saturated rings. The molecule has 0 heterocycles. The molecule has 0 bridgehead atoms. The standard InChI is InChI=1S/C23H21Br2NO4S/c1-2-30-23(27)19-7-3-17(4-8-19)15-26(16-18-5-9-20(24)10-6-18)31(28,29)22-13-11-21(25)12-14-22/h3-14H,2,15-16H2,1H3. The molecule has 31 heavy (non-hydrogen) atoms. The first kappa shape index (κ1) is 23.7. The number of nitrogens with zero attached hydrogens (tertiary/aromatic N) is 1.